The molecule has 1 aliphatic heterocycles. The number of anilines is 2. The highest BCUT2D eigenvalue weighted by Gasteiger charge is 2.22. The van der Waals surface area contributed by atoms with E-state index in [1.165, 1.54) is 12.8 Å². The third-order valence-electron chi connectivity index (χ3n) is 4.65. The summed E-state index contributed by atoms with van der Waals surface area (Å²) < 4.78 is 0. The molecule has 2 aromatic heterocycles. The maximum atomic E-state index is 13.2. The molecule has 0 N–H and O–H groups in total. The highest BCUT2D eigenvalue weighted by molar-refractivity contribution is 6.04. The Balaban J connectivity index is 1.60. The standard InChI is InChI=1S/C21H21N5O/c27-21(18-11-12-20(24-23-18)25-14-6-7-15-25)26(19-10-4-5-13-22-19)16-17-8-2-1-3-9-17/h1-5,8-13H,6-7,14-16H2. The lowest BCUT2D eigenvalue weighted by molar-refractivity contribution is 0.0978. The number of hydrogen-bond acceptors (Lipinski definition) is 5. The first-order valence-electron chi connectivity index (χ1n) is 9.17. The van der Waals surface area contributed by atoms with Crippen LogP contribution in [0, 0.1) is 0 Å². The van der Waals surface area contributed by atoms with Crippen molar-refractivity contribution in [1.29, 1.82) is 0 Å². The van der Waals surface area contributed by atoms with E-state index >= 15 is 0 Å². The normalized spacial score (nSPS) is 13.6. The van der Waals surface area contributed by atoms with Gasteiger partial charge in [-0.1, -0.05) is 36.4 Å². The maximum absolute atomic E-state index is 13.2. The maximum Gasteiger partial charge on any atom is 0.280 e. The van der Waals surface area contributed by atoms with Gasteiger partial charge < -0.3 is 4.90 Å². The van der Waals surface area contributed by atoms with Crippen molar-refractivity contribution in [3.63, 3.8) is 0 Å². The van der Waals surface area contributed by atoms with Crippen LogP contribution in [0.1, 0.15) is 28.9 Å². The number of hydrogen-bond donors (Lipinski definition) is 0. The molecule has 27 heavy (non-hydrogen) atoms. The topological polar surface area (TPSA) is 62.2 Å². The second kappa shape index (κ2) is 7.95. The Morgan fingerprint density at radius 3 is 2.37 bits per heavy atom. The lowest BCUT2D eigenvalue weighted by Crippen LogP contribution is -2.32. The molecule has 1 aliphatic rings. The van der Waals surface area contributed by atoms with Gasteiger partial charge >= 0.3 is 0 Å². The molecule has 0 unspecified atom stereocenters. The molecule has 1 aromatic carbocycles. The second-order valence-corrected chi connectivity index (χ2v) is 6.54. The van der Waals surface area contributed by atoms with E-state index in [-0.39, 0.29) is 5.91 Å². The molecule has 6 heteroatoms. The predicted octanol–water partition coefficient (Wildman–Crippen LogP) is 3.32. The number of aromatic nitrogens is 3. The summed E-state index contributed by atoms with van der Waals surface area (Å²) in [6.07, 6.45) is 4.03. The van der Waals surface area contributed by atoms with Crippen LogP contribution >= 0.6 is 0 Å². The number of benzene rings is 1. The van der Waals surface area contributed by atoms with Crippen molar-refractivity contribution in [1.82, 2.24) is 15.2 Å². The van der Waals surface area contributed by atoms with E-state index in [9.17, 15) is 4.79 Å². The highest BCUT2D eigenvalue weighted by atomic mass is 16.2. The molecule has 1 fully saturated rings. The average Bonchev–Trinajstić information content (AvgIpc) is 3.28. The van der Waals surface area contributed by atoms with Crippen molar-refractivity contribution in [3.8, 4) is 0 Å². The Kier molecular flexibility index (Phi) is 5.05. The number of rotatable bonds is 5. The monoisotopic (exact) mass is 359 g/mol. The summed E-state index contributed by atoms with van der Waals surface area (Å²) in [6.45, 7) is 2.42. The summed E-state index contributed by atoms with van der Waals surface area (Å²) in [5, 5.41) is 8.47. The van der Waals surface area contributed by atoms with Crippen LogP contribution in [-0.2, 0) is 6.54 Å². The zero-order chi connectivity index (χ0) is 18.5. The van der Waals surface area contributed by atoms with Gasteiger partial charge in [0.2, 0.25) is 0 Å². The van der Waals surface area contributed by atoms with Crippen LogP contribution in [-0.4, -0.2) is 34.2 Å². The molecule has 4 rings (SSSR count). The number of carbonyl (C=O) groups is 1. The van der Waals surface area contributed by atoms with E-state index < -0.39 is 0 Å². The van der Waals surface area contributed by atoms with Gasteiger partial charge in [-0.3, -0.25) is 9.69 Å². The van der Waals surface area contributed by atoms with Gasteiger partial charge in [0, 0.05) is 19.3 Å². The predicted molar refractivity (Wildman–Crippen MR) is 105 cm³/mol. The molecule has 3 aromatic rings. The lowest BCUT2D eigenvalue weighted by Gasteiger charge is -2.22. The van der Waals surface area contributed by atoms with Crippen LogP contribution in [0.4, 0.5) is 11.6 Å². The molecule has 6 nitrogen and oxygen atoms in total. The van der Waals surface area contributed by atoms with E-state index in [0.29, 0.717) is 18.1 Å². The summed E-state index contributed by atoms with van der Waals surface area (Å²) in [5.41, 5.74) is 1.35. The fourth-order valence-electron chi connectivity index (χ4n) is 3.23. The first-order chi connectivity index (χ1) is 13.3. The third-order valence-corrected chi connectivity index (χ3v) is 4.65. The summed E-state index contributed by atoms with van der Waals surface area (Å²) in [6, 6.07) is 19.0. The Morgan fingerprint density at radius 1 is 0.926 bits per heavy atom. The minimum Gasteiger partial charge on any atom is -0.355 e. The Hall–Kier alpha value is -3.28. The number of carbonyl (C=O) groups excluding carboxylic acids is 1. The molecular weight excluding hydrogens is 338 g/mol. The van der Waals surface area contributed by atoms with Gasteiger partial charge in [-0.25, -0.2) is 4.98 Å². The zero-order valence-corrected chi connectivity index (χ0v) is 15.0. The minimum atomic E-state index is -0.210. The van der Waals surface area contributed by atoms with Crippen LogP contribution in [0.3, 0.4) is 0 Å². The largest absolute Gasteiger partial charge is 0.355 e. The second-order valence-electron chi connectivity index (χ2n) is 6.54. The molecule has 1 saturated heterocycles. The number of amides is 1. The van der Waals surface area contributed by atoms with E-state index in [1.807, 2.05) is 54.6 Å². The number of pyridine rings is 1. The smallest absolute Gasteiger partial charge is 0.280 e. The van der Waals surface area contributed by atoms with Crippen LogP contribution in [0.5, 0.6) is 0 Å². The summed E-state index contributed by atoms with van der Waals surface area (Å²) in [4.78, 5) is 21.3. The average molecular weight is 359 g/mol. The van der Waals surface area contributed by atoms with E-state index in [4.69, 9.17) is 0 Å². The zero-order valence-electron chi connectivity index (χ0n) is 15.0. The van der Waals surface area contributed by atoms with Crippen molar-refractivity contribution in [2.75, 3.05) is 22.9 Å². The first kappa shape index (κ1) is 17.1. The Labute approximate surface area is 158 Å². The van der Waals surface area contributed by atoms with Crippen molar-refractivity contribution in [2.24, 2.45) is 0 Å². The highest BCUT2D eigenvalue weighted by Crippen LogP contribution is 2.19. The first-order valence-corrected chi connectivity index (χ1v) is 9.17. The van der Waals surface area contributed by atoms with Gasteiger partial charge in [0.05, 0.1) is 6.54 Å². The minimum absolute atomic E-state index is 0.210. The van der Waals surface area contributed by atoms with Gasteiger partial charge in [0.1, 0.15) is 5.82 Å². The van der Waals surface area contributed by atoms with E-state index in [0.717, 1.165) is 24.5 Å². The van der Waals surface area contributed by atoms with Crippen LogP contribution in [0.25, 0.3) is 0 Å². The van der Waals surface area contributed by atoms with Gasteiger partial charge in [-0.15, -0.1) is 10.2 Å². The lowest BCUT2D eigenvalue weighted by atomic mass is 10.2. The Bertz CT molecular complexity index is 877. The van der Waals surface area contributed by atoms with E-state index in [1.54, 1.807) is 17.2 Å². The summed E-state index contributed by atoms with van der Waals surface area (Å²) in [5.74, 6) is 1.21. The molecule has 0 saturated carbocycles. The number of nitrogens with zero attached hydrogens (tertiary/aromatic N) is 5. The molecule has 0 radical (unpaired) electrons. The molecule has 0 aliphatic carbocycles. The van der Waals surface area contributed by atoms with E-state index in [2.05, 4.69) is 20.1 Å². The molecule has 0 spiro atoms. The van der Waals surface area contributed by atoms with Crippen molar-refractivity contribution < 1.29 is 4.79 Å². The van der Waals surface area contributed by atoms with Crippen molar-refractivity contribution in [3.05, 3.63) is 78.1 Å². The summed E-state index contributed by atoms with van der Waals surface area (Å²) >= 11 is 0. The molecule has 1 amide bonds. The molecule has 136 valence electrons. The fourth-order valence-corrected chi connectivity index (χ4v) is 3.23. The molecular formula is C21H21N5O. The Morgan fingerprint density at radius 2 is 1.70 bits per heavy atom. The van der Waals surface area contributed by atoms with Crippen LogP contribution in [0.15, 0.2) is 66.9 Å². The third kappa shape index (κ3) is 3.95. The van der Waals surface area contributed by atoms with Gasteiger partial charge in [0.15, 0.2) is 11.5 Å². The quantitative estimate of drug-likeness (QED) is 0.699. The molecule has 3 heterocycles. The van der Waals surface area contributed by atoms with Crippen molar-refractivity contribution in [2.45, 2.75) is 19.4 Å². The van der Waals surface area contributed by atoms with Crippen LogP contribution < -0.4 is 9.80 Å². The van der Waals surface area contributed by atoms with Gasteiger partial charge in [-0.05, 0) is 42.7 Å². The molecule has 0 atom stereocenters. The molecule has 0 bridgehead atoms. The fraction of sp³-hybridized carbons (Fsp3) is 0.238. The summed E-state index contributed by atoms with van der Waals surface area (Å²) in [7, 11) is 0. The SMILES string of the molecule is O=C(c1ccc(N2CCCC2)nn1)N(Cc1ccccc1)c1ccccn1. The van der Waals surface area contributed by atoms with Gasteiger partial charge in [-0.2, -0.15) is 0 Å². The van der Waals surface area contributed by atoms with Crippen molar-refractivity contribution >= 4 is 17.5 Å². The van der Waals surface area contributed by atoms with Gasteiger partial charge in [0.25, 0.3) is 5.91 Å². The van der Waals surface area contributed by atoms with Crippen LogP contribution in [0.2, 0.25) is 0 Å².